The topological polar surface area (TPSA) is 86.8 Å². The van der Waals surface area contributed by atoms with Crippen molar-refractivity contribution in [1.82, 2.24) is 10.2 Å². The van der Waals surface area contributed by atoms with E-state index in [0.29, 0.717) is 5.02 Å². The van der Waals surface area contributed by atoms with E-state index in [1.807, 2.05) is 30.3 Å². The van der Waals surface area contributed by atoms with E-state index in [-0.39, 0.29) is 41.1 Å². The molecule has 1 aliphatic rings. The van der Waals surface area contributed by atoms with Crippen LogP contribution in [0.15, 0.2) is 114 Å². The van der Waals surface area contributed by atoms with Crippen molar-refractivity contribution in [3.05, 3.63) is 131 Å². The van der Waals surface area contributed by atoms with E-state index >= 15 is 4.39 Å². The first-order chi connectivity index (χ1) is 22.2. The number of nitrogens with zero attached hydrogens (tertiary/aromatic N) is 2. The van der Waals surface area contributed by atoms with E-state index < -0.39 is 34.3 Å². The smallest absolute Gasteiger partial charge is 0.264 e. The van der Waals surface area contributed by atoms with Gasteiger partial charge in [-0.15, -0.1) is 0 Å². The van der Waals surface area contributed by atoms with Crippen molar-refractivity contribution < 1.29 is 22.4 Å². The van der Waals surface area contributed by atoms with Crippen molar-refractivity contribution in [2.45, 2.75) is 62.0 Å². The van der Waals surface area contributed by atoms with Crippen molar-refractivity contribution in [3.63, 3.8) is 0 Å². The van der Waals surface area contributed by atoms with E-state index in [0.717, 1.165) is 42.0 Å². The molecule has 0 spiro atoms. The van der Waals surface area contributed by atoms with Gasteiger partial charge in [0, 0.05) is 29.6 Å². The summed E-state index contributed by atoms with van der Waals surface area (Å²) in [4.78, 5) is 29.9. The summed E-state index contributed by atoms with van der Waals surface area (Å²) in [6.45, 7) is -0.865. The molecule has 0 saturated heterocycles. The van der Waals surface area contributed by atoms with E-state index in [4.69, 9.17) is 11.6 Å². The number of carbonyl (C=O) groups is 2. The number of hydrogen-bond acceptors (Lipinski definition) is 4. The zero-order valence-electron chi connectivity index (χ0n) is 25.4. The lowest BCUT2D eigenvalue weighted by Crippen LogP contribution is -2.55. The average Bonchev–Trinajstić information content (AvgIpc) is 3.07. The third kappa shape index (κ3) is 8.33. The van der Waals surface area contributed by atoms with Crippen LogP contribution in [0.25, 0.3) is 0 Å². The molecule has 0 heterocycles. The summed E-state index contributed by atoms with van der Waals surface area (Å²) >= 11 is 6.12. The third-order valence-electron chi connectivity index (χ3n) is 8.25. The van der Waals surface area contributed by atoms with Crippen LogP contribution >= 0.6 is 11.6 Å². The molecule has 2 amide bonds. The minimum absolute atomic E-state index is 0.00530. The van der Waals surface area contributed by atoms with Crippen LogP contribution < -0.4 is 9.62 Å². The Labute approximate surface area is 275 Å². The molecule has 1 aliphatic carbocycles. The fraction of sp³-hybridized carbons (Fsp3) is 0.278. The predicted molar refractivity (Wildman–Crippen MR) is 178 cm³/mol. The zero-order chi connectivity index (χ0) is 32.5. The number of rotatable bonds is 12. The van der Waals surface area contributed by atoms with Gasteiger partial charge in [-0.25, -0.2) is 12.8 Å². The molecule has 240 valence electrons. The van der Waals surface area contributed by atoms with Gasteiger partial charge in [-0.3, -0.25) is 13.9 Å². The highest BCUT2D eigenvalue weighted by Gasteiger charge is 2.35. The summed E-state index contributed by atoms with van der Waals surface area (Å²) < 4.78 is 44.2. The second-order valence-electron chi connectivity index (χ2n) is 11.5. The van der Waals surface area contributed by atoms with Gasteiger partial charge in [-0.1, -0.05) is 97.6 Å². The van der Waals surface area contributed by atoms with Gasteiger partial charge in [0.2, 0.25) is 11.8 Å². The molecule has 0 aromatic heterocycles. The van der Waals surface area contributed by atoms with E-state index in [1.165, 1.54) is 35.2 Å². The normalized spacial score (nSPS) is 14.3. The summed E-state index contributed by atoms with van der Waals surface area (Å²) in [7, 11) is -4.24. The number of halogens is 2. The summed E-state index contributed by atoms with van der Waals surface area (Å²) in [6, 6.07) is 28.2. The van der Waals surface area contributed by atoms with Crippen LogP contribution in [0.3, 0.4) is 0 Å². The molecule has 0 radical (unpaired) electrons. The molecule has 46 heavy (non-hydrogen) atoms. The SMILES string of the molecule is O=C(NC1CCCCC1)C(Cc1ccccc1)N(Cc1ccccc1F)C(=O)CN(c1ccc(Cl)cc1)S(=O)(=O)c1ccccc1. The van der Waals surface area contributed by atoms with Gasteiger partial charge in [-0.05, 0) is 60.9 Å². The van der Waals surface area contributed by atoms with Crippen LogP contribution in [0.2, 0.25) is 5.02 Å². The molecule has 4 aromatic rings. The lowest BCUT2D eigenvalue weighted by Gasteiger charge is -2.35. The fourth-order valence-corrected chi connectivity index (χ4v) is 7.33. The Bertz CT molecular complexity index is 1720. The van der Waals surface area contributed by atoms with E-state index in [1.54, 1.807) is 48.5 Å². The van der Waals surface area contributed by atoms with Crippen molar-refractivity contribution in [3.8, 4) is 0 Å². The average molecular weight is 662 g/mol. The summed E-state index contributed by atoms with van der Waals surface area (Å²) in [6.07, 6.45) is 4.94. The maximum absolute atomic E-state index is 15.1. The van der Waals surface area contributed by atoms with Gasteiger partial charge in [-0.2, -0.15) is 0 Å². The van der Waals surface area contributed by atoms with Crippen LogP contribution in [0, 0.1) is 5.82 Å². The van der Waals surface area contributed by atoms with Gasteiger partial charge in [0.1, 0.15) is 18.4 Å². The fourth-order valence-electron chi connectivity index (χ4n) is 5.76. The second kappa shape index (κ2) is 15.4. The molecule has 0 aliphatic heterocycles. The van der Waals surface area contributed by atoms with Crippen molar-refractivity contribution in [2.75, 3.05) is 10.8 Å². The van der Waals surface area contributed by atoms with Crippen LogP contribution in [0.1, 0.15) is 43.2 Å². The lowest BCUT2D eigenvalue weighted by atomic mass is 9.94. The highest BCUT2D eigenvalue weighted by atomic mass is 35.5. The Morgan fingerprint density at radius 2 is 1.43 bits per heavy atom. The monoisotopic (exact) mass is 661 g/mol. The number of hydrogen-bond donors (Lipinski definition) is 1. The molecular weight excluding hydrogens is 625 g/mol. The van der Waals surface area contributed by atoms with Crippen LogP contribution in [0.5, 0.6) is 0 Å². The molecule has 1 N–H and O–H groups in total. The molecule has 1 unspecified atom stereocenters. The van der Waals surface area contributed by atoms with E-state index in [2.05, 4.69) is 5.32 Å². The molecule has 7 nitrogen and oxygen atoms in total. The van der Waals surface area contributed by atoms with Crippen LogP contribution in [-0.4, -0.2) is 43.8 Å². The first-order valence-electron chi connectivity index (χ1n) is 15.4. The minimum Gasteiger partial charge on any atom is -0.352 e. The predicted octanol–water partition coefficient (Wildman–Crippen LogP) is 6.76. The molecule has 5 rings (SSSR count). The first kappa shape index (κ1) is 33.2. The van der Waals surface area contributed by atoms with Crippen molar-refractivity contribution >= 4 is 39.1 Å². The van der Waals surface area contributed by atoms with Crippen molar-refractivity contribution in [1.29, 1.82) is 0 Å². The van der Waals surface area contributed by atoms with Gasteiger partial charge in [0.25, 0.3) is 10.0 Å². The number of sulfonamides is 1. The zero-order valence-corrected chi connectivity index (χ0v) is 27.0. The van der Waals surface area contributed by atoms with Crippen LogP contribution in [0.4, 0.5) is 10.1 Å². The van der Waals surface area contributed by atoms with Gasteiger partial charge in [0.15, 0.2) is 0 Å². The molecule has 1 fully saturated rings. The Balaban J connectivity index is 1.56. The summed E-state index contributed by atoms with van der Waals surface area (Å²) in [5, 5.41) is 3.55. The van der Waals surface area contributed by atoms with Crippen molar-refractivity contribution in [2.24, 2.45) is 0 Å². The second-order valence-corrected chi connectivity index (χ2v) is 13.8. The Hall–Kier alpha value is -4.21. The minimum atomic E-state index is -4.24. The van der Waals surface area contributed by atoms with Gasteiger partial charge < -0.3 is 10.2 Å². The van der Waals surface area contributed by atoms with Gasteiger partial charge >= 0.3 is 0 Å². The number of carbonyl (C=O) groups excluding carboxylic acids is 2. The summed E-state index contributed by atoms with van der Waals surface area (Å²) in [5.74, 6) is -1.54. The Kier molecular flexibility index (Phi) is 11.1. The molecule has 10 heteroatoms. The summed E-state index contributed by atoms with van der Waals surface area (Å²) in [5.41, 5.74) is 1.24. The molecule has 1 atom stereocenters. The van der Waals surface area contributed by atoms with E-state index in [9.17, 15) is 18.0 Å². The highest BCUT2D eigenvalue weighted by molar-refractivity contribution is 7.92. The number of amides is 2. The Morgan fingerprint density at radius 3 is 2.09 bits per heavy atom. The Morgan fingerprint density at radius 1 is 0.826 bits per heavy atom. The maximum atomic E-state index is 15.1. The lowest BCUT2D eigenvalue weighted by molar-refractivity contribution is -0.140. The molecule has 4 aromatic carbocycles. The molecular formula is C36H37ClFN3O4S. The first-order valence-corrected chi connectivity index (χ1v) is 17.2. The number of benzene rings is 4. The van der Waals surface area contributed by atoms with Crippen LogP contribution in [-0.2, 0) is 32.6 Å². The highest BCUT2D eigenvalue weighted by Crippen LogP contribution is 2.27. The number of nitrogens with one attached hydrogen (secondary N) is 1. The van der Waals surface area contributed by atoms with Gasteiger partial charge in [0.05, 0.1) is 10.6 Å². The third-order valence-corrected chi connectivity index (χ3v) is 10.3. The number of anilines is 1. The maximum Gasteiger partial charge on any atom is 0.264 e. The largest absolute Gasteiger partial charge is 0.352 e. The quantitative estimate of drug-likeness (QED) is 0.182. The standard InChI is InChI=1S/C36H37ClFN3O4S/c37-29-20-22-31(23-21-29)41(46(44,45)32-17-8-3-9-18-32)26-35(42)40(25-28-14-10-11-19-33(28)38)34(24-27-12-4-1-5-13-27)36(43)39-30-15-6-2-7-16-30/h1,3-5,8-14,17-23,30,34H,2,6-7,15-16,24-26H2,(H,39,43). The molecule has 1 saturated carbocycles. The molecule has 0 bridgehead atoms.